The normalized spacial score (nSPS) is 36.9. The minimum Gasteiger partial charge on any atom is -0.325 e. The molecular formula is C15H29N. The molecule has 0 spiro atoms. The SMILES string of the molecule is CC1(C)CCCC(N)(C2CCCCC2)CC1. The first kappa shape index (κ1) is 12.4. The van der Waals surface area contributed by atoms with E-state index in [0.29, 0.717) is 5.41 Å². The highest BCUT2D eigenvalue weighted by Gasteiger charge is 2.38. The van der Waals surface area contributed by atoms with Gasteiger partial charge < -0.3 is 5.73 Å². The third-order valence-electron chi connectivity index (χ3n) is 5.18. The van der Waals surface area contributed by atoms with Crippen molar-refractivity contribution < 1.29 is 0 Å². The van der Waals surface area contributed by atoms with Gasteiger partial charge in [-0.05, 0) is 49.9 Å². The summed E-state index contributed by atoms with van der Waals surface area (Å²) in [5.41, 5.74) is 7.48. The van der Waals surface area contributed by atoms with Crippen LogP contribution in [0.15, 0.2) is 0 Å². The van der Waals surface area contributed by atoms with Crippen LogP contribution in [0.3, 0.4) is 0 Å². The molecule has 0 bridgehead atoms. The molecule has 0 radical (unpaired) electrons. The van der Waals surface area contributed by atoms with E-state index in [-0.39, 0.29) is 5.54 Å². The maximum Gasteiger partial charge on any atom is 0.0183 e. The van der Waals surface area contributed by atoms with Gasteiger partial charge in [0.2, 0.25) is 0 Å². The van der Waals surface area contributed by atoms with E-state index in [4.69, 9.17) is 5.73 Å². The first-order valence-electron chi connectivity index (χ1n) is 7.31. The summed E-state index contributed by atoms with van der Waals surface area (Å²) in [6, 6.07) is 0. The van der Waals surface area contributed by atoms with E-state index in [1.54, 1.807) is 0 Å². The molecule has 1 atom stereocenters. The summed E-state index contributed by atoms with van der Waals surface area (Å²) >= 11 is 0. The second kappa shape index (κ2) is 4.68. The van der Waals surface area contributed by atoms with Crippen molar-refractivity contribution in [2.45, 2.75) is 83.6 Å². The summed E-state index contributed by atoms with van der Waals surface area (Å²) in [5, 5.41) is 0. The molecule has 2 N–H and O–H groups in total. The maximum absolute atomic E-state index is 6.75. The van der Waals surface area contributed by atoms with Crippen molar-refractivity contribution in [1.82, 2.24) is 0 Å². The minimum atomic E-state index is 0.189. The molecule has 0 aromatic carbocycles. The van der Waals surface area contributed by atoms with E-state index in [1.165, 1.54) is 64.2 Å². The molecule has 0 aromatic rings. The Hall–Kier alpha value is -0.0400. The standard InChI is InChI=1S/C15H29N/c1-14(2)9-6-10-15(16,12-11-14)13-7-4-3-5-8-13/h13H,3-12,16H2,1-2H3. The highest BCUT2D eigenvalue weighted by molar-refractivity contribution is 4.96. The minimum absolute atomic E-state index is 0.189. The molecular weight excluding hydrogens is 194 g/mol. The molecule has 0 heterocycles. The van der Waals surface area contributed by atoms with Crippen molar-refractivity contribution in [3.63, 3.8) is 0 Å². The van der Waals surface area contributed by atoms with E-state index < -0.39 is 0 Å². The van der Waals surface area contributed by atoms with Crippen LogP contribution in [-0.4, -0.2) is 5.54 Å². The van der Waals surface area contributed by atoms with Gasteiger partial charge in [-0.3, -0.25) is 0 Å². The first-order chi connectivity index (χ1) is 7.52. The van der Waals surface area contributed by atoms with E-state index in [2.05, 4.69) is 13.8 Å². The number of nitrogens with two attached hydrogens (primary N) is 1. The summed E-state index contributed by atoms with van der Waals surface area (Å²) in [4.78, 5) is 0. The van der Waals surface area contributed by atoms with Crippen LogP contribution in [0.5, 0.6) is 0 Å². The zero-order chi connectivity index (χ0) is 11.6. The Kier molecular flexibility index (Phi) is 3.63. The van der Waals surface area contributed by atoms with Crippen molar-refractivity contribution in [2.75, 3.05) is 0 Å². The van der Waals surface area contributed by atoms with Gasteiger partial charge in [-0.25, -0.2) is 0 Å². The summed E-state index contributed by atoms with van der Waals surface area (Å²) in [6.07, 6.45) is 13.7. The third kappa shape index (κ3) is 2.80. The Bertz CT molecular complexity index is 228. The highest BCUT2D eigenvalue weighted by atomic mass is 14.8. The number of hydrogen-bond donors (Lipinski definition) is 1. The third-order valence-corrected chi connectivity index (χ3v) is 5.18. The average molecular weight is 223 g/mol. The summed E-state index contributed by atoms with van der Waals surface area (Å²) in [5.74, 6) is 0.829. The van der Waals surface area contributed by atoms with Gasteiger partial charge in [0.1, 0.15) is 0 Å². The highest BCUT2D eigenvalue weighted by Crippen LogP contribution is 2.43. The maximum atomic E-state index is 6.75. The van der Waals surface area contributed by atoms with Crippen LogP contribution >= 0.6 is 0 Å². The Balaban J connectivity index is 2.00. The number of rotatable bonds is 1. The lowest BCUT2D eigenvalue weighted by Gasteiger charge is -2.39. The second-order valence-electron chi connectivity index (χ2n) is 7.09. The molecule has 94 valence electrons. The van der Waals surface area contributed by atoms with E-state index in [9.17, 15) is 0 Å². The molecule has 1 unspecified atom stereocenters. The molecule has 2 saturated carbocycles. The molecule has 2 fully saturated rings. The largest absolute Gasteiger partial charge is 0.325 e. The Morgan fingerprint density at radius 2 is 1.50 bits per heavy atom. The molecule has 0 saturated heterocycles. The van der Waals surface area contributed by atoms with Crippen molar-refractivity contribution in [1.29, 1.82) is 0 Å². The lowest BCUT2D eigenvalue weighted by molar-refractivity contribution is 0.178. The van der Waals surface area contributed by atoms with Gasteiger partial charge in [0.15, 0.2) is 0 Å². The Labute approximate surface area is 101 Å². The van der Waals surface area contributed by atoms with Gasteiger partial charge in [-0.2, -0.15) is 0 Å². The monoisotopic (exact) mass is 223 g/mol. The predicted octanol–water partition coefficient (Wildman–Crippen LogP) is 4.25. The molecule has 0 aliphatic heterocycles. The van der Waals surface area contributed by atoms with E-state index in [1.807, 2.05) is 0 Å². The lowest BCUT2D eigenvalue weighted by atomic mass is 9.71. The van der Waals surface area contributed by atoms with Crippen LogP contribution < -0.4 is 5.73 Å². The van der Waals surface area contributed by atoms with E-state index >= 15 is 0 Å². The van der Waals surface area contributed by atoms with Crippen LogP contribution in [0.25, 0.3) is 0 Å². The fraction of sp³-hybridized carbons (Fsp3) is 1.00. The van der Waals surface area contributed by atoms with Gasteiger partial charge in [0.25, 0.3) is 0 Å². The van der Waals surface area contributed by atoms with Crippen LogP contribution in [0.1, 0.15) is 78.1 Å². The van der Waals surface area contributed by atoms with Crippen LogP contribution in [-0.2, 0) is 0 Å². The van der Waals surface area contributed by atoms with Crippen LogP contribution in [0.4, 0.5) is 0 Å². The van der Waals surface area contributed by atoms with Crippen molar-refractivity contribution in [3.8, 4) is 0 Å². The summed E-state index contributed by atoms with van der Waals surface area (Å²) < 4.78 is 0. The van der Waals surface area contributed by atoms with Gasteiger partial charge in [0, 0.05) is 5.54 Å². The molecule has 0 amide bonds. The first-order valence-corrected chi connectivity index (χ1v) is 7.31. The quantitative estimate of drug-likeness (QED) is 0.661. The zero-order valence-electron chi connectivity index (χ0n) is 11.2. The molecule has 2 rings (SSSR count). The Morgan fingerprint density at radius 3 is 2.19 bits per heavy atom. The summed E-state index contributed by atoms with van der Waals surface area (Å²) in [7, 11) is 0. The van der Waals surface area contributed by atoms with Gasteiger partial charge in [-0.15, -0.1) is 0 Å². The Morgan fingerprint density at radius 1 is 0.812 bits per heavy atom. The lowest BCUT2D eigenvalue weighted by Crippen LogP contribution is -2.47. The smallest absolute Gasteiger partial charge is 0.0183 e. The number of hydrogen-bond acceptors (Lipinski definition) is 1. The van der Waals surface area contributed by atoms with Gasteiger partial charge in [-0.1, -0.05) is 39.5 Å². The zero-order valence-corrected chi connectivity index (χ0v) is 11.2. The molecule has 2 aliphatic rings. The van der Waals surface area contributed by atoms with Crippen molar-refractivity contribution in [2.24, 2.45) is 17.1 Å². The molecule has 2 aliphatic carbocycles. The summed E-state index contributed by atoms with van der Waals surface area (Å²) in [6.45, 7) is 4.83. The van der Waals surface area contributed by atoms with Crippen molar-refractivity contribution >= 4 is 0 Å². The second-order valence-corrected chi connectivity index (χ2v) is 7.09. The molecule has 0 aromatic heterocycles. The fourth-order valence-corrected chi connectivity index (χ4v) is 3.80. The molecule has 1 nitrogen and oxygen atoms in total. The topological polar surface area (TPSA) is 26.0 Å². The fourth-order valence-electron chi connectivity index (χ4n) is 3.80. The molecule has 16 heavy (non-hydrogen) atoms. The predicted molar refractivity (Wildman–Crippen MR) is 70.4 cm³/mol. The van der Waals surface area contributed by atoms with E-state index in [0.717, 1.165) is 5.92 Å². The van der Waals surface area contributed by atoms with Gasteiger partial charge >= 0.3 is 0 Å². The van der Waals surface area contributed by atoms with Crippen molar-refractivity contribution in [3.05, 3.63) is 0 Å². The van der Waals surface area contributed by atoms with Crippen LogP contribution in [0.2, 0.25) is 0 Å². The van der Waals surface area contributed by atoms with Crippen LogP contribution in [0, 0.1) is 11.3 Å². The average Bonchev–Trinajstić information content (AvgIpc) is 2.41. The van der Waals surface area contributed by atoms with Gasteiger partial charge in [0.05, 0.1) is 0 Å². The molecule has 1 heteroatoms.